The molecule has 2 N–H and O–H groups in total. The van der Waals surface area contributed by atoms with E-state index in [9.17, 15) is 8.78 Å². The Morgan fingerprint density at radius 1 is 1.31 bits per heavy atom. The van der Waals surface area contributed by atoms with Crippen LogP contribution in [0.4, 0.5) is 8.78 Å². The molecule has 0 aromatic heterocycles. The van der Waals surface area contributed by atoms with Crippen molar-refractivity contribution in [2.75, 3.05) is 13.7 Å². The number of methoxy groups -OCH3 is 1. The molecule has 90 valence electrons. The Balaban J connectivity index is 3.01. The highest BCUT2D eigenvalue weighted by Gasteiger charge is 2.19. The van der Waals surface area contributed by atoms with Crippen molar-refractivity contribution in [3.05, 3.63) is 23.8 Å². The first kappa shape index (κ1) is 12.7. The van der Waals surface area contributed by atoms with E-state index in [2.05, 4.69) is 0 Å². The monoisotopic (exact) mass is 231 g/mol. The molecule has 0 bridgehead atoms. The first-order valence-electron chi connectivity index (χ1n) is 4.94. The molecule has 1 rings (SSSR count). The molecule has 0 aliphatic carbocycles. The molecule has 0 amide bonds. The van der Waals surface area contributed by atoms with Crippen LogP contribution in [0.2, 0.25) is 0 Å². The molecule has 3 nitrogen and oxygen atoms in total. The molecule has 0 spiro atoms. The Morgan fingerprint density at radius 3 is 2.50 bits per heavy atom. The minimum absolute atomic E-state index is 0.333. The van der Waals surface area contributed by atoms with E-state index in [1.807, 2.05) is 0 Å². The lowest BCUT2D eigenvalue weighted by Gasteiger charge is -2.14. The topological polar surface area (TPSA) is 44.5 Å². The minimum atomic E-state index is -2.59. The summed E-state index contributed by atoms with van der Waals surface area (Å²) in [5.74, 6) is 0.936. The van der Waals surface area contributed by atoms with Gasteiger partial charge in [0.25, 0.3) is 6.43 Å². The summed E-state index contributed by atoms with van der Waals surface area (Å²) >= 11 is 0. The number of nitrogens with two attached hydrogens (primary N) is 1. The van der Waals surface area contributed by atoms with E-state index in [1.54, 1.807) is 13.0 Å². The number of halogens is 2. The smallest absolute Gasteiger partial charge is 0.257 e. The van der Waals surface area contributed by atoms with Gasteiger partial charge >= 0.3 is 0 Å². The van der Waals surface area contributed by atoms with Crippen molar-refractivity contribution in [1.82, 2.24) is 0 Å². The third-order valence-electron chi connectivity index (χ3n) is 2.14. The lowest BCUT2D eigenvalue weighted by molar-refractivity contribution is 0.116. The predicted molar refractivity (Wildman–Crippen MR) is 57.1 cm³/mol. The van der Waals surface area contributed by atoms with Crippen molar-refractivity contribution in [2.45, 2.75) is 19.4 Å². The van der Waals surface area contributed by atoms with Gasteiger partial charge in [0.1, 0.15) is 0 Å². The van der Waals surface area contributed by atoms with Crippen molar-refractivity contribution in [1.29, 1.82) is 0 Å². The van der Waals surface area contributed by atoms with Crippen LogP contribution in [0.5, 0.6) is 11.5 Å². The number of alkyl halides is 2. The van der Waals surface area contributed by atoms with E-state index >= 15 is 0 Å². The van der Waals surface area contributed by atoms with Crippen LogP contribution in [0.1, 0.15) is 18.5 Å². The summed E-state index contributed by atoms with van der Waals surface area (Å²) in [6.45, 7) is 2.24. The van der Waals surface area contributed by atoms with Gasteiger partial charge in [-0.15, -0.1) is 0 Å². The molecule has 1 aromatic carbocycles. The molecular formula is C11H15F2NO2. The molecule has 0 unspecified atom stereocenters. The first-order valence-corrected chi connectivity index (χ1v) is 4.94. The van der Waals surface area contributed by atoms with Crippen LogP contribution >= 0.6 is 0 Å². The average Bonchev–Trinajstić information content (AvgIpc) is 2.28. The van der Waals surface area contributed by atoms with Crippen molar-refractivity contribution >= 4 is 0 Å². The summed E-state index contributed by atoms with van der Waals surface area (Å²) in [4.78, 5) is 0. The number of benzene rings is 1. The quantitative estimate of drug-likeness (QED) is 0.846. The number of hydrogen-bond donors (Lipinski definition) is 1. The Morgan fingerprint density at radius 2 is 2.00 bits per heavy atom. The Labute approximate surface area is 93.2 Å². The zero-order valence-corrected chi connectivity index (χ0v) is 9.24. The third-order valence-corrected chi connectivity index (χ3v) is 2.14. The van der Waals surface area contributed by atoms with Crippen molar-refractivity contribution in [3.8, 4) is 11.5 Å². The van der Waals surface area contributed by atoms with Gasteiger partial charge in [-0.2, -0.15) is 0 Å². The third kappa shape index (κ3) is 2.82. The van der Waals surface area contributed by atoms with Crippen LogP contribution in [0, 0.1) is 0 Å². The van der Waals surface area contributed by atoms with Crippen molar-refractivity contribution in [2.24, 2.45) is 5.73 Å². The van der Waals surface area contributed by atoms with E-state index in [-0.39, 0.29) is 0 Å². The van der Waals surface area contributed by atoms with Crippen LogP contribution < -0.4 is 15.2 Å². The van der Waals surface area contributed by atoms with Gasteiger partial charge in [-0.3, -0.25) is 0 Å². The van der Waals surface area contributed by atoms with Gasteiger partial charge in [-0.05, 0) is 24.6 Å². The predicted octanol–water partition coefficient (Wildman–Crippen LogP) is 2.36. The van der Waals surface area contributed by atoms with Gasteiger partial charge in [0.2, 0.25) is 0 Å². The summed E-state index contributed by atoms with van der Waals surface area (Å²) in [6, 6.07) is 3.27. The molecule has 0 heterocycles. The Kier molecular flexibility index (Phi) is 4.49. The molecular weight excluding hydrogens is 216 g/mol. The lowest BCUT2D eigenvalue weighted by Crippen LogP contribution is -2.18. The van der Waals surface area contributed by atoms with E-state index in [4.69, 9.17) is 15.2 Å². The van der Waals surface area contributed by atoms with Gasteiger partial charge < -0.3 is 15.2 Å². The average molecular weight is 231 g/mol. The molecule has 0 radical (unpaired) electrons. The summed E-state index contributed by atoms with van der Waals surface area (Å²) in [7, 11) is 1.49. The van der Waals surface area contributed by atoms with E-state index < -0.39 is 12.5 Å². The van der Waals surface area contributed by atoms with Crippen molar-refractivity contribution < 1.29 is 18.3 Å². The summed E-state index contributed by atoms with van der Waals surface area (Å²) < 4.78 is 35.1. The molecule has 16 heavy (non-hydrogen) atoms. The van der Waals surface area contributed by atoms with Crippen LogP contribution in [-0.4, -0.2) is 20.1 Å². The number of ether oxygens (including phenoxy) is 2. The molecule has 0 aliphatic rings. The van der Waals surface area contributed by atoms with Gasteiger partial charge in [0, 0.05) is 0 Å². The van der Waals surface area contributed by atoms with Crippen LogP contribution in [-0.2, 0) is 0 Å². The van der Waals surface area contributed by atoms with Gasteiger partial charge in [0.15, 0.2) is 11.5 Å². The summed E-state index contributed by atoms with van der Waals surface area (Å²) in [6.07, 6.45) is -2.59. The normalized spacial score (nSPS) is 12.6. The van der Waals surface area contributed by atoms with E-state index in [0.717, 1.165) is 0 Å². The number of hydrogen-bond acceptors (Lipinski definition) is 3. The second-order valence-electron chi connectivity index (χ2n) is 3.20. The molecule has 5 heteroatoms. The van der Waals surface area contributed by atoms with E-state index in [1.165, 1.54) is 19.2 Å². The fraction of sp³-hybridized carbons (Fsp3) is 0.455. The zero-order chi connectivity index (χ0) is 12.1. The maximum atomic E-state index is 12.4. The van der Waals surface area contributed by atoms with Crippen LogP contribution in [0.3, 0.4) is 0 Å². The SMILES string of the molecule is CCOc1cc([C@@H](N)C(F)F)ccc1OC. The van der Waals surface area contributed by atoms with Crippen molar-refractivity contribution in [3.63, 3.8) is 0 Å². The molecule has 0 fully saturated rings. The van der Waals surface area contributed by atoms with Gasteiger partial charge in [0.05, 0.1) is 19.8 Å². The lowest BCUT2D eigenvalue weighted by atomic mass is 10.1. The standard InChI is InChI=1S/C11H15F2NO2/c1-3-16-9-6-7(10(14)11(12)13)4-5-8(9)15-2/h4-6,10-11H,3,14H2,1-2H3/t10-/m1/s1. The fourth-order valence-corrected chi connectivity index (χ4v) is 1.31. The maximum Gasteiger partial charge on any atom is 0.257 e. The highest BCUT2D eigenvalue weighted by molar-refractivity contribution is 5.43. The zero-order valence-electron chi connectivity index (χ0n) is 9.24. The second-order valence-corrected chi connectivity index (χ2v) is 3.20. The number of rotatable bonds is 5. The largest absolute Gasteiger partial charge is 0.493 e. The van der Waals surface area contributed by atoms with Crippen LogP contribution in [0.15, 0.2) is 18.2 Å². The molecule has 0 saturated carbocycles. The van der Waals surface area contributed by atoms with Gasteiger partial charge in [-0.25, -0.2) is 8.78 Å². The molecule has 0 saturated heterocycles. The Hall–Kier alpha value is -1.36. The minimum Gasteiger partial charge on any atom is -0.493 e. The first-order chi connectivity index (χ1) is 7.60. The van der Waals surface area contributed by atoms with Crippen LogP contribution in [0.25, 0.3) is 0 Å². The fourth-order valence-electron chi connectivity index (χ4n) is 1.31. The Bertz CT molecular complexity index is 345. The second kappa shape index (κ2) is 5.65. The highest BCUT2D eigenvalue weighted by atomic mass is 19.3. The molecule has 0 aliphatic heterocycles. The molecule has 1 aromatic rings. The van der Waals surface area contributed by atoms with E-state index in [0.29, 0.717) is 23.7 Å². The summed E-state index contributed by atoms with van der Waals surface area (Å²) in [5, 5.41) is 0. The van der Waals surface area contributed by atoms with Gasteiger partial charge in [-0.1, -0.05) is 6.07 Å². The molecule has 1 atom stereocenters. The highest BCUT2D eigenvalue weighted by Crippen LogP contribution is 2.31. The maximum absolute atomic E-state index is 12.4. The summed E-state index contributed by atoms with van der Waals surface area (Å²) in [5.41, 5.74) is 5.68.